The molecule has 0 spiro atoms. The van der Waals surface area contributed by atoms with E-state index < -0.39 is 0 Å². The van der Waals surface area contributed by atoms with Crippen LogP contribution in [0.15, 0.2) is 53.4 Å². The molecule has 3 rings (SSSR count). The summed E-state index contributed by atoms with van der Waals surface area (Å²) in [4.78, 5) is 1.41. The molecule has 0 unspecified atom stereocenters. The maximum atomic E-state index is 5.10. The molecule has 1 aliphatic rings. The van der Waals surface area contributed by atoms with Gasteiger partial charge >= 0.3 is 0 Å². The summed E-state index contributed by atoms with van der Waals surface area (Å²) in [6.45, 7) is 4.12. The smallest absolute Gasteiger partial charge is 0.121 e. The molecular formula is C18H20OS. The number of hydrogen-bond acceptors (Lipinski definition) is 2. The average Bonchev–Trinajstić information content (AvgIpc) is 2.48. The predicted octanol–water partition coefficient (Wildman–Crippen LogP) is 5.12. The lowest BCUT2D eigenvalue weighted by atomic mass is 10.1. The van der Waals surface area contributed by atoms with Crippen LogP contribution in [0.4, 0.5) is 0 Å². The van der Waals surface area contributed by atoms with Gasteiger partial charge in [-0.25, -0.2) is 0 Å². The Hall–Kier alpha value is -1.67. The van der Waals surface area contributed by atoms with Crippen molar-refractivity contribution < 1.29 is 4.74 Å². The van der Waals surface area contributed by atoms with Crippen LogP contribution >= 0.6 is 11.8 Å². The molecule has 0 aromatic heterocycles. The summed E-state index contributed by atoms with van der Waals surface area (Å²) >= 11 is 1.90. The van der Waals surface area contributed by atoms with E-state index in [0.717, 1.165) is 11.5 Å². The molecule has 0 saturated carbocycles. The zero-order valence-corrected chi connectivity index (χ0v) is 13.0. The number of aryl methyl sites for hydroxylation is 2. The van der Waals surface area contributed by atoms with Gasteiger partial charge in [0.25, 0.3) is 0 Å². The van der Waals surface area contributed by atoms with Crippen molar-refractivity contribution >= 4 is 17.8 Å². The number of methoxy groups -OCH3 is 1. The molecule has 0 fully saturated rings. The Morgan fingerprint density at radius 3 is 2.55 bits per heavy atom. The fraction of sp³-hybridized carbons (Fsp3) is 0.222. The molecule has 0 radical (unpaired) electrons. The third-order valence-corrected chi connectivity index (χ3v) is 4.14. The van der Waals surface area contributed by atoms with Crippen molar-refractivity contribution in [3.05, 3.63) is 65.2 Å². The number of ether oxygens (including phenoxy) is 1. The largest absolute Gasteiger partial charge is 0.496 e. The van der Waals surface area contributed by atoms with Gasteiger partial charge in [-0.15, -0.1) is 11.8 Å². The summed E-state index contributed by atoms with van der Waals surface area (Å²) < 4.78 is 5.10. The van der Waals surface area contributed by atoms with Gasteiger partial charge < -0.3 is 4.74 Å². The van der Waals surface area contributed by atoms with E-state index in [-0.39, 0.29) is 0 Å². The highest BCUT2D eigenvalue weighted by molar-refractivity contribution is 7.99. The molecule has 0 bridgehead atoms. The van der Waals surface area contributed by atoms with Gasteiger partial charge in [0.05, 0.1) is 7.11 Å². The van der Waals surface area contributed by atoms with E-state index in [4.69, 9.17) is 4.74 Å². The third kappa shape index (κ3) is 3.91. The highest BCUT2D eigenvalue weighted by Crippen LogP contribution is 2.27. The topological polar surface area (TPSA) is 9.23 Å². The van der Waals surface area contributed by atoms with Gasteiger partial charge in [0.15, 0.2) is 0 Å². The van der Waals surface area contributed by atoms with Crippen molar-refractivity contribution in [3.63, 3.8) is 0 Å². The maximum absolute atomic E-state index is 5.10. The molecule has 2 aromatic rings. The van der Waals surface area contributed by atoms with Crippen LogP contribution < -0.4 is 4.74 Å². The number of thioether (sulfide) groups is 1. The molecule has 1 heterocycles. The van der Waals surface area contributed by atoms with Crippen molar-refractivity contribution in [1.29, 1.82) is 0 Å². The standard InChI is InChI=1S/C9H12O.C9H8S/c1-7-4-5-9(10-3)8(2)6-7;1-2-6-9-8(4-1)5-3-7-10-9/h4-6H,1-3H3;1-6H,7H2. The predicted molar refractivity (Wildman–Crippen MR) is 88.7 cm³/mol. The van der Waals surface area contributed by atoms with Gasteiger partial charge in [-0.2, -0.15) is 0 Å². The summed E-state index contributed by atoms with van der Waals surface area (Å²) in [5, 5.41) is 0. The first kappa shape index (κ1) is 14.7. The highest BCUT2D eigenvalue weighted by atomic mass is 32.2. The van der Waals surface area contributed by atoms with E-state index in [0.29, 0.717) is 0 Å². The lowest BCUT2D eigenvalue weighted by Crippen LogP contribution is -1.86. The molecular weight excluding hydrogens is 264 g/mol. The first-order valence-corrected chi connectivity index (χ1v) is 7.69. The first-order valence-electron chi connectivity index (χ1n) is 6.70. The first-order chi connectivity index (χ1) is 9.70. The lowest BCUT2D eigenvalue weighted by Gasteiger charge is -2.07. The van der Waals surface area contributed by atoms with Crippen LogP contribution in [-0.2, 0) is 0 Å². The third-order valence-electron chi connectivity index (χ3n) is 3.10. The Morgan fingerprint density at radius 1 is 1.05 bits per heavy atom. The Bertz CT molecular complexity index is 602. The number of rotatable bonds is 1. The molecule has 2 heteroatoms. The minimum atomic E-state index is 0.964. The maximum Gasteiger partial charge on any atom is 0.121 e. The summed E-state index contributed by atoms with van der Waals surface area (Å²) in [6.07, 6.45) is 4.39. The van der Waals surface area contributed by atoms with Crippen molar-refractivity contribution in [2.75, 3.05) is 12.9 Å². The molecule has 0 atom stereocenters. The molecule has 1 nitrogen and oxygen atoms in total. The second kappa shape index (κ2) is 7.20. The number of benzene rings is 2. The van der Waals surface area contributed by atoms with E-state index in [1.54, 1.807) is 7.11 Å². The second-order valence-electron chi connectivity index (χ2n) is 4.72. The molecule has 0 saturated heterocycles. The van der Waals surface area contributed by atoms with Crippen LogP contribution in [-0.4, -0.2) is 12.9 Å². The highest BCUT2D eigenvalue weighted by Gasteiger charge is 2.01. The fourth-order valence-electron chi connectivity index (χ4n) is 2.09. The van der Waals surface area contributed by atoms with Crippen LogP contribution in [0, 0.1) is 13.8 Å². The molecule has 20 heavy (non-hydrogen) atoms. The molecule has 1 aliphatic heterocycles. The van der Waals surface area contributed by atoms with Crippen molar-refractivity contribution in [3.8, 4) is 5.75 Å². The zero-order chi connectivity index (χ0) is 14.4. The normalized spacial score (nSPS) is 12.2. The Morgan fingerprint density at radius 2 is 1.85 bits per heavy atom. The minimum Gasteiger partial charge on any atom is -0.496 e. The van der Waals surface area contributed by atoms with E-state index >= 15 is 0 Å². The SMILES string of the molecule is C1=Cc2ccccc2SC1.COc1ccc(C)cc1C. The van der Waals surface area contributed by atoms with E-state index in [1.165, 1.54) is 21.6 Å². The van der Waals surface area contributed by atoms with Gasteiger partial charge in [-0.05, 0) is 37.1 Å². The summed E-state index contributed by atoms with van der Waals surface area (Å²) in [7, 11) is 1.69. The lowest BCUT2D eigenvalue weighted by molar-refractivity contribution is 0.411. The van der Waals surface area contributed by atoms with E-state index in [9.17, 15) is 0 Å². The molecule has 0 aliphatic carbocycles. The minimum absolute atomic E-state index is 0.964. The summed E-state index contributed by atoms with van der Waals surface area (Å²) in [6, 6.07) is 14.6. The summed E-state index contributed by atoms with van der Waals surface area (Å²) in [5.41, 5.74) is 3.83. The Balaban J connectivity index is 0.000000147. The molecule has 0 amide bonds. The van der Waals surface area contributed by atoms with E-state index in [2.05, 4.69) is 49.4 Å². The molecule has 104 valence electrons. The van der Waals surface area contributed by atoms with Crippen molar-refractivity contribution in [1.82, 2.24) is 0 Å². The van der Waals surface area contributed by atoms with Gasteiger partial charge in [0.2, 0.25) is 0 Å². The Labute approximate surface area is 125 Å². The molecule has 0 N–H and O–H groups in total. The van der Waals surface area contributed by atoms with Crippen LogP contribution in [0.1, 0.15) is 16.7 Å². The fourth-order valence-corrected chi connectivity index (χ4v) is 2.94. The second-order valence-corrected chi connectivity index (χ2v) is 5.79. The van der Waals surface area contributed by atoms with Gasteiger partial charge in [-0.3, -0.25) is 0 Å². The van der Waals surface area contributed by atoms with Gasteiger partial charge in [-0.1, -0.05) is 48.0 Å². The van der Waals surface area contributed by atoms with Crippen molar-refractivity contribution in [2.24, 2.45) is 0 Å². The van der Waals surface area contributed by atoms with Gasteiger partial charge in [0, 0.05) is 10.6 Å². The van der Waals surface area contributed by atoms with Crippen LogP contribution in [0.2, 0.25) is 0 Å². The average molecular weight is 284 g/mol. The Kier molecular flexibility index (Phi) is 5.31. The zero-order valence-electron chi connectivity index (χ0n) is 12.2. The van der Waals surface area contributed by atoms with E-state index in [1.807, 2.05) is 30.8 Å². The summed E-state index contributed by atoms with van der Waals surface area (Å²) in [5.74, 6) is 2.09. The number of fused-ring (bicyclic) bond motifs is 1. The van der Waals surface area contributed by atoms with Gasteiger partial charge in [0.1, 0.15) is 5.75 Å². The van der Waals surface area contributed by atoms with Crippen LogP contribution in [0.3, 0.4) is 0 Å². The van der Waals surface area contributed by atoms with Crippen LogP contribution in [0.25, 0.3) is 6.08 Å². The van der Waals surface area contributed by atoms with Crippen molar-refractivity contribution in [2.45, 2.75) is 18.7 Å². The quantitative estimate of drug-likeness (QED) is 0.719. The molecule has 2 aromatic carbocycles. The van der Waals surface area contributed by atoms with Crippen LogP contribution in [0.5, 0.6) is 5.75 Å². The number of hydrogen-bond donors (Lipinski definition) is 0. The monoisotopic (exact) mass is 284 g/mol.